The summed E-state index contributed by atoms with van der Waals surface area (Å²) in [5, 5.41) is 11.6. The highest BCUT2D eigenvalue weighted by atomic mass is 32.2. The van der Waals surface area contributed by atoms with E-state index in [1.54, 1.807) is 0 Å². The number of aliphatic hydroxyl groups excluding tert-OH is 1. The topological polar surface area (TPSA) is 95.9 Å². The van der Waals surface area contributed by atoms with Crippen LogP contribution in [0.5, 0.6) is 0 Å². The number of nitrogens with one attached hydrogen (secondary N) is 1. The van der Waals surface area contributed by atoms with Gasteiger partial charge >= 0.3 is 0 Å². The maximum absolute atomic E-state index is 10.4. The Kier molecular flexibility index (Phi) is 9.52. The first-order valence-electron chi connectivity index (χ1n) is 6.81. The van der Waals surface area contributed by atoms with Crippen molar-refractivity contribution in [1.82, 2.24) is 5.32 Å². The molecule has 8 heteroatoms. The minimum absolute atomic E-state index is 0.162. The second-order valence-corrected chi connectivity index (χ2v) is 7.46. The lowest BCUT2D eigenvalue weighted by atomic mass is 10.1. The van der Waals surface area contributed by atoms with Crippen molar-refractivity contribution in [3.05, 3.63) is 0 Å². The van der Waals surface area contributed by atoms with E-state index in [1.807, 2.05) is 0 Å². The third-order valence-corrected chi connectivity index (χ3v) is 3.53. The summed E-state index contributed by atoms with van der Waals surface area (Å²) < 4.78 is 35.3. The first-order chi connectivity index (χ1) is 9.14. The van der Waals surface area contributed by atoms with Gasteiger partial charge in [-0.05, 0) is 12.8 Å². The van der Waals surface area contributed by atoms with Crippen molar-refractivity contribution in [2.75, 3.05) is 59.8 Å². The van der Waals surface area contributed by atoms with Crippen LogP contribution in [-0.4, -0.2) is 88.4 Å². The molecule has 1 heterocycles. The Balaban J connectivity index is 0.000000441. The number of likely N-dealkylation sites (N-methyl/N-ethyl adjacent to an activating group) is 1. The van der Waals surface area contributed by atoms with Gasteiger partial charge in [-0.3, -0.25) is 4.55 Å². The fourth-order valence-electron chi connectivity index (χ4n) is 1.62. The molecule has 0 aromatic heterocycles. The van der Waals surface area contributed by atoms with E-state index in [9.17, 15) is 8.42 Å². The molecule has 1 aliphatic heterocycles. The molecule has 1 unspecified atom stereocenters. The third kappa shape index (κ3) is 14.2. The zero-order valence-electron chi connectivity index (χ0n) is 12.7. The molecule has 0 aromatic carbocycles. The van der Waals surface area contributed by atoms with Gasteiger partial charge in [0.1, 0.15) is 6.54 Å². The molecule has 0 spiro atoms. The molecule has 122 valence electrons. The lowest BCUT2D eigenvalue weighted by Crippen LogP contribution is -2.41. The minimum Gasteiger partial charge on any atom is -0.391 e. The van der Waals surface area contributed by atoms with Crippen LogP contribution in [0.4, 0.5) is 0 Å². The lowest BCUT2D eigenvalue weighted by molar-refractivity contribution is -0.870. The van der Waals surface area contributed by atoms with Crippen LogP contribution in [0.1, 0.15) is 12.8 Å². The van der Waals surface area contributed by atoms with Gasteiger partial charge in [0.2, 0.25) is 0 Å². The molecular weight excluding hydrogens is 284 g/mol. The number of aliphatic hydroxyl groups is 1. The molecule has 1 atom stereocenters. The highest BCUT2D eigenvalue weighted by Crippen LogP contribution is 2.03. The SMILES string of the molecule is C[N+](C)(C)CCO.O=S(=O)(O)CCCC1COCCN1. The molecule has 0 saturated carbocycles. The van der Waals surface area contributed by atoms with Crippen LogP contribution in [0.25, 0.3) is 0 Å². The van der Waals surface area contributed by atoms with Gasteiger partial charge in [0.25, 0.3) is 10.1 Å². The highest BCUT2D eigenvalue weighted by Gasteiger charge is 2.13. The van der Waals surface area contributed by atoms with Gasteiger partial charge in [-0.1, -0.05) is 0 Å². The molecule has 1 saturated heterocycles. The van der Waals surface area contributed by atoms with Crippen LogP contribution in [0.2, 0.25) is 0 Å². The van der Waals surface area contributed by atoms with Crippen molar-refractivity contribution in [2.24, 2.45) is 0 Å². The molecule has 1 fully saturated rings. The number of quaternary nitrogens is 1. The predicted octanol–water partition coefficient (Wildman–Crippen LogP) is -0.672. The summed E-state index contributed by atoms with van der Waals surface area (Å²) in [4.78, 5) is 0. The van der Waals surface area contributed by atoms with Crippen molar-refractivity contribution in [2.45, 2.75) is 18.9 Å². The average molecular weight is 313 g/mol. The second kappa shape index (κ2) is 9.64. The zero-order chi connectivity index (χ0) is 15.6. The predicted molar refractivity (Wildman–Crippen MR) is 78.2 cm³/mol. The summed E-state index contributed by atoms with van der Waals surface area (Å²) in [6.45, 7) is 3.28. The summed E-state index contributed by atoms with van der Waals surface area (Å²) in [6, 6.07) is 0.232. The number of hydrogen-bond donors (Lipinski definition) is 3. The standard InChI is InChI=1S/C7H15NO4S.C5H14NO/c9-13(10,11)5-1-2-7-6-12-4-3-8-7;1-6(2,3)4-5-7/h7-8H,1-6H2,(H,9,10,11);7H,4-5H2,1-3H3/q;+1. The highest BCUT2D eigenvalue weighted by molar-refractivity contribution is 7.85. The Hall–Kier alpha value is -0.250. The number of nitrogens with zero attached hydrogens (tertiary/aromatic N) is 1. The van der Waals surface area contributed by atoms with Gasteiger partial charge in [0.15, 0.2) is 0 Å². The fourth-order valence-corrected chi connectivity index (χ4v) is 2.15. The van der Waals surface area contributed by atoms with E-state index in [0.29, 0.717) is 13.0 Å². The molecular formula is C12H29N2O5S+. The van der Waals surface area contributed by atoms with Crippen LogP contribution in [-0.2, 0) is 14.9 Å². The average Bonchev–Trinajstić information content (AvgIpc) is 2.28. The zero-order valence-corrected chi connectivity index (χ0v) is 13.5. The van der Waals surface area contributed by atoms with Crippen LogP contribution in [0.3, 0.4) is 0 Å². The normalized spacial score (nSPS) is 20.1. The van der Waals surface area contributed by atoms with Crippen molar-refractivity contribution in [1.29, 1.82) is 0 Å². The molecule has 1 aliphatic rings. The maximum atomic E-state index is 10.4. The molecule has 1 rings (SSSR count). The van der Waals surface area contributed by atoms with Crippen LogP contribution >= 0.6 is 0 Å². The van der Waals surface area contributed by atoms with Gasteiger partial charge in [-0.2, -0.15) is 8.42 Å². The molecule has 20 heavy (non-hydrogen) atoms. The van der Waals surface area contributed by atoms with Gasteiger partial charge in [-0.15, -0.1) is 0 Å². The summed E-state index contributed by atoms with van der Waals surface area (Å²) in [5.74, 6) is -0.162. The fraction of sp³-hybridized carbons (Fsp3) is 1.00. The molecule has 0 bridgehead atoms. The number of rotatable bonds is 6. The van der Waals surface area contributed by atoms with Crippen LogP contribution in [0.15, 0.2) is 0 Å². The lowest BCUT2D eigenvalue weighted by Gasteiger charge is -2.23. The van der Waals surface area contributed by atoms with E-state index in [4.69, 9.17) is 14.4 Å². The van der Waals surface area contributed by atoms with E-state index in [-0.39, 0.29) is 18.4 Å². The molecule has 0 aromatic rings. The Labute approximate surface area is 122 Å². The minimum atomic E-state index is -3.79. The van der Waals surface area contributed by atoms with Gasteiger partial charge in [-0.25, -0.2) is 0 Å². The van der Waals surface area contributed by atoms with Gasteiger partial charge in [0, 0.05) is 12.6 Å². The van der Waals surface area contributed by atoms with Crippen molar-refractivity contribution in [3.63, 3.8) is 0 Å². The Bertz CT molecular complexity index is 334. The summed E-state index contributed by atoms with van der Waals surface area (Å²) in [6.07, 6.45) is 1.19. The van der Waals surface area contributed by atoms with Crippen LogP contribution < -0.4 is 5.32 Å². The molecule has 0 aliphatic carbocycles. The Morgan fingerprint density at radius 1 is 1.35 bits per heavy atom. The van der Waals surface area contributed by atoms with Gasteiger partial charge < -0.3 is 19.6 Å². The van der Waals surface area contributed by atoms with E-state index < -0.39 is 10.1 Å². The molecule has 7 nitrogen and oxygen atoms in total. The largest absolute Gasteiger partial charge is 0.391 e. The monoisotopic (exact) mass is 313 g/mol. The smallest absolute Gasteiger partial charge is 0.264 e. The number of ether oxygens (including phenoxy) is 1. The summed E-state index contributed by atoms with van der Waals surface area (Å²) in [5.41, 5.74) is 0. The summed E-state index contributed by atoms with van der Waals surface area (Å²) in [7, 11) is 2.36. The first-order valence-corrected chi connectivity index (χ1v) is 8.42. The van der Waals surface area contributed by atoms with Gasteiger partial charge in [0.05, 0.1) is 46.7 Å². The van der Waals surface area contributed by atoms with E-state index in [1.165, 1.54) is 0 Å². The molecule has 3 N–H and O–H groups in total. The maximum Gasteiger partial charge on any atom is 0.264 e. The summed E-state index contributed by atoms with van der Waals surface area (Å²) >= 11 is 0. The number of morpholine rings is 1. The van der Waals surface area contributed by atoms with Crippen molar-refractivity contribution >= 4 is 10.1 Å². The van der Waals surface area contributed by atoms with Crippen molar-refractivity contribution in [3.8, 4) is 0 Å². The number of hydrogen-bond acceptors (Lipinski definition) is 5. The quantitative estimate of drug-likeness (QED) is 0.444. The van der Waals surface area contributed by atoms with Crippen LogP contribution in [0, 0.1) is 0 Å². The molecule has 0 radical (unpaired) electrons. The third-order valence-electron chi connectivity index (χ3n) is 2.72. The molecule has 0 amide bonds. The Morgan fingerprint density at radius 3 is 2.35 bits per heavy atom. The first kappa shape index (κ1) is 19.8. The van der Waals surface area contributed by atoms with E-state index in [2.05, 4.69) is 26.5 Å². The Morgan fingerprint density at radius 2 is 2.00 bits per heavy atom. The van der Waals surface area contributed by atoms with E-state index in [0.717, 1.165) is 30.6 Å². The van der Waals surface area contributed by atoms with Crippen molar-refractivity contribution < 1.29 is 27.3 Å². The second-order valence-electron chi connectivity index (χ2n) is 5.89. The van der Waals surface area contributed by atoms with E-state index >= 15 is 0 Å².